The Balaban J connectivity index is 2.08. The lowest BCUT2D eigenvalue weighted by atomic mass is 10.1. The first-order valence-electron chi connectivity index (χ1n) is 5.26. The molecule has 3 heterocycles. The number of hydrogen-bond donors (Lipinski definition) is 1. The van der Waals surface area contributed by atoms with Gasteiger partial charge in [-0.15, -0.1) is 0 Å². The Morgan fingerprint density at radius 3 is 2.88 bits per heavy atom. The van der Waals surface area contributed by atoms with Crippen LogP contribution >= 0.6 is 0 Å². The summed E-state index contributed by atoms with van der Waals surface area (Å²) in [6.07, 6.45) is 0.630. The van der Waals surface area contributed by atoms with Crippen molar-refractivity contribution in [3.05, 3.63) is 17.0 Å². The minimum Gasteiger partial charge on any atom is -0.477 e. The number of carboxylic acid groups (broad SMARTS) is 1. The summed E-state index contributed by atoms with van der Waals surface area (Å²) in [6.45, 7) is 2.07. The maximum atomic E-state index is 11.3. The van der Waals surface area contributed by atoms with Gasteiger partial charge in [0.1, 0.15) is 5.69 Å². The summed E-state index contributed by atoms with van der Waals surface area (Å²) in [5.41, 5.74) is 1.90. The molecule has 0 unspecified atom stereocenters. The number of aromatic nitrogens is 2. The fraction of sp³-hybridized carbons (Fsp3) is 0.600. The molecule has 0 amide bonds. The number of fused-ring (bicyclic) bond motifs is 1. The first-order valence-corrected chi connectivity index (χ1v) is 5.26. The van der Waals surface area contributed by atoms with E-state index >= 15 is 0 Å². The van der Waals surface area contributed by atoms with Crippen molar-refractivity contribution in [2.24, 2.45) is 0 Å². The summed E-state index contributed by atoms with van der Waals surface area (Å²) < 4.78 is 11.9. The third-order valence-electron chi connectivity index (χ3n) is 3.00. The monoisotopic (exact) mass is 224 g/mol. The minimum atomic E-state index is -0.914. The van der Waals surface area contributed by atoms with Crippen LogP contribution in [-0.4, -0.2) is 40.7 Å². The second kappa shape index (κ2) is 3.57. The molecule has 0 aliphatic carbocycles. The van der Waals surface area contributed by atoms with Crippen molar-refractivity contribution in [2.45, 2.75) is 19.1 Å². The molecule has 1 N–H and O–H groups in total. The van der Waals surface area contributed by atoms with Crippen molar-refractivity contribution in [1.29, 1.82) is 0 Å². The molecule has 2 aliphatic heterocycles. The van der Waals surface area contributed by atoms with Crippen molar-refractivity contribution >= 4 is 5.97 Å². The van der Waals surface area contributed by atoms with Crippen molar-refractivity contribution in [2.75, 3.05) is 19.8 Å². The fourth-order valence-electron chi connectivity index (χ4n) is 2.09. The highest BCUT2D eigenvalue weighted by Gasteiger charge is 2.31. The Morgan fingerprint density at radius 1 is 1.44 bits per heavy atom. The van der Waals surface area contributed by atoms with E-state index in [1.165, 1.54) is 0 Å². The third-order valence-corrected chi connectivity index (χ3v) is 3.00. The number of nitrogens with zero attached hydrogens (tertiary/aromatic N) is 2. The molecule has 1 aromatic heterocycles. The van der Waals surface area contributed by atoms with Crippen LogP contribution in [0.5, 0.6) is 0 Å². The molecular weight excluding hydrogens is 212 g/mol. The third kappa shape index (κ3) is 1.34. The van der Waals surface area contributed by atoms with Gasteiger partial charge in [-0.1, -0.05) is 0 Å². The maximum Gasteiger partial charge on any atom is 0.354 e. The van der Waals surface area contributed by atoms with E-state index in [4.69, 9.17) is 9.47 Å². The van der Waals surface area contributed by atoms with E-state index in [0.717, 1.165) is 11.3 Å². The average Bonchev–Trinajstić information content (AvgIpc) is 2.53. The van der Waals surface area contributed by atoms with Crippen molar-refractivity contribution < 1.29 is 19.4 Å². The van der Waals surface area contributed by atoms with E-state index < -0.39 is 5.97 Å². The Morgan fingerprint density at radius 2 is 2.25 bits per heavy atom. The van der Waals surface area contributed by atoms with Crippen LogP contribution in [0.25, 0.3) is 0 Å². The lowest BCUT2D eigenvalue weighted by Gasteiger charge is -2.27. The molecule has 0 bridgehead atoms. The molecule has 0 atom stereocenters. The molecule has 16 heavy (non-hydrogen) atoms. The van der Waals surface area contributed by atoms with Crippen LogP contribution < -0.4 is 0 Å². The predicted molar refractivity (Wildman–Crippen MR) is 52.4 cm³/mol. The Kier molecular flexibility index (Phi) is 2.19. The number of carbonyl (C=O) groups is 1. The number of ether oxygens (including phenoxy) is 2. The van der Waals surface area contributed by atoms with Crippen LogP contribution in [0.3, 0.4) is 0 Å². The molecule has 2 aliphatic rings. The summed E-state index contributed by atoms with van der Waals surface area (Å²) >= 11 is 0. The molecule has 3 rings (SSSR count). The molecule has 6 heteroatoms. The molecule has 1 saturated heterocycles. The van der Waals surface area contributed by atoms with Gasteiger partial charge in [-0.05, 0) is 0 Å². The topological polar surface area (TPSA) is 73.6 Å². The minimum absolute atomic E-state index is 0.0664. The smallest absolute Gasteiger partial charge is 0.354 e. The van der Waals surface area contributed by atoms with Gasteiger partial charge in [0.05, 0.1) is 38.2 Å². The Bertz CT molecular complexity index is 436. The van der Waals surface area contributed by atoms with E-state index in [2.05, 4.69) is 5.10 Å². The molecule has 0 saturated carbocycles. The van der Waals surface area contributed by atoms with E-state index in [1.807, 2.05) is 0 Å². The van der Waals surface area contributed by atoms with E-state index in [1.54, 1.807) is 4.68 Å². The molecule has 0 aromatic carbocycles. The van der Waals surface area contributed by atoms with Gasteiger partial charge in [0.25, 0.3) is 0 Å². The predicted octanol–water partition coefficient (Wildman–Crippen LogP) is 0.225. The van der Waals surface area contributed by atoms with Crippen LogP contribution in [0.4, 0.5) is 0 Å². The van der Waals surface area contributed by atoms with E-state index in [9.17, 15) is 9.90 Å². The molecule has 86 valence electrons. The number of rotatable bonds is 2. The van der Waals surface area contributed by atoms with Gasteiger partial charge in [0.2, 0.25) is 0 Å². The van der Waals surface area contributed by atoms with Gasteiger partial charge in [-0.2, -0.15) is 5.10 Å². The fourth-order valence-corrected chi connectivity index (χ4v) is 2.09. The van der Waals surface area contributed by atoms with Crippen LogP contribution in [0.2, 0.25) is 0 Å². The maximum absolute atomic E-state index is 11.3. The molecule has 0 spiro atoms. The molecule has 1 fully saturated rings. The normalized spacial score (nSPS) is 20.2. The van der Waals surface area contributed by atoms with Crippen molar-refractivity contribution in [3.8, 4) is 0 Å². The summed E-state index contributed by atoms with van der Waals surface area (Å²) in [6, 6.07) is 0.0664. The zero-order chi connectivity index (χ0) is 11.1. The van der Waals surface area contributed by atoms with Crippen molar-refractivity contribution in [3.63, 3.8) is 0 Å². The van der Waals surface area contributed by atoms with Crippen LogP contribution in [0, 0.1) is 0 Å². The molecule has 6 nitrogen and oxygen atoms in total. The van der Waals surface area contributed by atoms with Crippen LogP contribution in [-0.2, 0) is 22.5 Å². The highest BCUT2D eigenvalue weighted by molar-refractivity contribution is 5.88. The molecule has 0 radical (unpaired) electrons. The van der Waals surface area contributed by atoms with Gasteiger partial charge in [-0.25, -0.2) is 9.48 Å². The van der Waals surface area contributed by atoms with Crippen LogP contribution in [0.15, 0.2) is 0 Å². The standard InChI is InChI=1S/C10H12N2O4/c13-10(14)9-7-1-2-15-5-8(7)11-12(9)6-3-16-4-6/h6H,1-5H2,(H,13,14). The van der Waals surface area contributed by atoms with Crippen molar-refractivity contribution in [1.82, 2.24) is 9.78 Å². The quantitative estimate of drug-likeness (QED) is 0.778. The Hall–Kier alpha value is -1.40. The summed E-state index contributed by atoms with van der Waals surface area (Å²) in [7, 11) is 0. The average molecular weight is 224 g/mol. The van der Waals surface area contributed by atoms with E-state index in [-0.39, 0.29) is 6.04 Å². The van der Waals surface area contributed by atoms with Gasteiger partial charge in [0.15, 0.2) is 0 Å². The Labute approximate surface area is 91.8 Å². The lowest BCUT2D eigenvalue weighted by molar-refractivity contribution is -0.0302. The summed E-state index contributed by atoms with van der Waals surface area (Å²) in [5, 5.41) is 13.6. The van der Waals surface area contributed by atoms with Gasteiger partial charge in [0, 0.05) is 12.0 Å². The summed E-state index contributed by atoms with van der Waals surface area (Å²) in [5.74, 6) is -0.914. The highest BCUT2D eigenvalue weighted by atomic mass is 16.5. The van der Waals surface area contributed by atoms with Gasteiger partial charge in [-0.3, -0.25) is 0 Å². The van der Waals surface area contributed by atoms with Gasteiger partial charge < -0.3 is 14.6 Å². The largest absolute Gasteiger partial charge is 0.477 e. The number of aromatic carboxylic acids is 1. The summed E-state index contributed by atoms with van der Waals surface area (Å²) in [4.78, 5) is 11.3. The molecular formula is C10H12N2O4. The second-order valence-corrected chi connectivity index (χ2v) is 4.02. The zero-order valence-electron chi connectivity index (χ0n) is 8.68. The molecule has 1 aromatic rings. The first kappa shape index (κ1) is 9.80. The van der Waals surface area contributed by atoms with Gasteiger partial charge >= 0.3 is 5.97 Å². The second-order valence-electron chi connectivity index (χ2n) is 4.02. The lowest BCUT2D eigenvalue weighted by Crippen LogP contribution is -2.33. The van der Waals surface area contributed by atoms with Crippen LogP contribution in [0.1, 0.15) is 27.8 Å². The highest BCUT2D eigenvalue weighted by Crippen LogP contribution is 2.26. The first-order chi connectivity index (χ1) is 7.77. The number of hydrogen-bond acceptors (Lipinski definition) is 4. The zero-order valence-corrected chi connectivity index (χ0v) is 8.68. The SMILES string of the molecule is O=C(O)c1c2c(nn1C1COC1)COCC2. The van der Waals surface area contributed by atoms with E-state index in [0.29, 0.717) is 38.5 Å². The number of carboxylic acids is 1.